The Morgan fingerprint density at radius 3 is 2.07 bits per heavy atom. The van der Waals surface area contributed by atoms with E-state index in [0.717, 1.165) is 0 Å². The zero-order valence-electron chi connectivity index (χ0n) is 24.1. The van der Waals surface area contributed by atoms with Gasteiger partial charge in [0.05, 0.1) is 17.7 Å². The number of alkyl halides is 2. The standard InChI is InChI=1S/C30H42ClFO10/c1-16-10-19-17-11-20(32)27(8-5-22(34)35)15-28(40,12-24(38)39)30(41,42)14-26(27,3)18(17)4-7-25(19,2)29(16,21(33)13-31)9-6-23(36)37/h17-20,40-42H,1,4-15H2,2-3H3,(H,34,35)(H,36,37)(H,38,39)/t17-,18+,19+,20-,25+,26-,27?,28+,29-/m1/s1. The summed E-state index contributed by atoms with van der Waals surface area (Å²) in [5.74, 6) is -8.44. The van der Waals surface area contributed by atoms with Gasteiger partial charge in [-0.3, -0.25) is 19.2 Å². The number of allylic oxidation sites excluding steroid dienone is 1. The van der Waals surface area contributed by atoms with Gasteiger partial charge in [0, 0.05) is 24.7 Å². The molecular formula is C30H42ClFO10. The normalized spacial score (nSPS) is 44.0. The average Bonchev–Trinajstić information content (AvgIpc) is 3.09. The van der Waals surface area contributed by atoms with Crippen LogP contribution in [0.15, 0.2) is 12.2 Å². The predicted octanol–water partition coefficient (Wildman–Crippen LogP) is 3.53. The third-order valence-electron chi connectivity index (χ3n) is 12.4. The molecular weight excluding hydrogens is 575 g/mol. The van der Waals surface area contributed by atoms with Gasteiger partial charge in [0.2, 0.25) is 0 Å². The molecule has 10 nitrogen and oxygen atoms in total. The van der Waals surface area contributed by atoms with E-state index in [1.165, 1.54) is 0 Å². The molecule has 0 aromatic rings. The first-order chi connectivity index (χ1) is 19.3. The van der Waals surface area contributed by atoms with Crippen molar-refractivity contribution in [3.63, 3.8) is 0 Å². The Morgan fingerprint density at radius 1 is 0.929 bits per heavy atom. The molecule has 0 aliphatic heterocycles. The number of ketones is 1. The number of aliphatic carboxylic acids is 3. The van der Waals surface area contributed by atoms with Gasteiger partial charge >= 0.3 is 17.9 Å². The van der Waals surface area contributed by atoms with E-state index < -0.39 is 94.6 Å². The van der Waals surface area contributed by atoms with Gasteiger partial charge in [-0.2, -0.15) is 0 Å². The molecule has 4 aliphatic carbocycles. The monoisotopic (exact) mass is 616 g/mol. The van der Waals surface area contributed by atoms with Gasteiger partial charge in [-0.1, -0.05) is 26.0 Å². The highest BCUT2D eigenvalue weighted by atomic mass is 35.5. The summed E-state index contributed by atoms with van der Waals surface area (Å²) in [6, 6.07) is 0. The second-order valence-corrected chi connectivity index (χ2v) is 14.2. The Morgan fingerprint density at radius 2 is 1.52 bits per heavy atom. The van der Waals surface area contributed by atoms with Crippen molar-refractivity contribution in [3.8, 4) is 0 Å². The van der Waals surface area contributed by atoms with E-state index >= 15 is 4.39 Å². The van der Waals surface area contributed by atoms with Crippen LogP contribution in [0.4, 0.5) is 4.39 Å². The maximum absolute atomic E-state index is 16.9. The molecule has 4 aliphatic rings. The molecule has 0 aromatic heterocycles. The lowest BCUT2D eigenvalue weighted by atomic mass is 9.36. The van der Waals surface area contributed by atoms with E-state index in [-0.39, 0.29) is 43.3 Å². The number of carbonyl (C=O) groups is 4. The van der Waals surface area contributed by atoms with Crippen molar-refractivity contribution in [2.45, 2.75) is 102 Å². The van der Waals surface area contributed by atoms with E-state index in [0.29, 0.717) is 24.8 Å². The van der Waals surface area contributed by atoms with E-state index in [2.05, 4.69) is 6.58 Å². The van der Waals surface area contributed by atoms with Crippen molar-refractivity contribution in [2.24, 2.45) is 39.4 Å². The number of hydrogen-bond donors (Lipinski definition) is 6. The van der Waals surface area contributed by atoms with Crippen LogP contribution >= 0.6 is 11.6 Å². The fraction of sp³-hybridized carbons (Fsp3) is 0.800. The van der Waals surface area contributed by atoms with Gasteiger partial charge in [-0.05, 0) is 73.5 Å². The molecule has 9 atom stereocenters. The van der Waals surface area contributed by atoms with Gasteiger partial charge < -0.3 is 30.6 Å². The van der Waals surface area contributed by atoms with Crippen molar-refractivity contribution in [2.75, 3.05) is 5.88 Å². The minimum atomic E-state index is -2.89. The summed E-state index contributed by atoms with van der Waals surface area (Å²) in [7, 11) is 0. The number of carbonyl (C=O) groups excluding carboxylic acids is 1. The van der Waals surface area contributed by atoms with Crippen LogP contribution in [0.3, 0.4) is 0 Å². The maximum Gasteiger partial charge on any atom is 0.306 e. The quantitative estimate of drug-likeness (QED) is 0.120. The lowest BCUT2D eigenvalue weighted by Crippen LogP contribution is -2.73. The lowest BCUT2D eigenvalue weighted by Gasteiger charge is -2.70. The summed E-state index contributed by atoms with van der Waals surface area (Å²) in [5.41, 5.74) is -6.90. The molecule has 4 saturated carbocycles. The Bertz CT molecular complexity index is 1190. The molecule has 0 amide bonds. The molecule has 0 bridgehead atoms. The van der Waals surface area contributed by atoms with Crippen LogP contribution < -0.4 is 0 Å². The van der Waals surface area contributed by atoms with E-state index in [9.17, 15) is 49.8 Å². The molecule has 0 radical (unpaired) electrons. The van der Waals surface area contributed by atoms with Gasteiger partial charge in [0.1, 0.15) is 11.8 Å². The van der Waals surface area contributed by atoms with Gasteiger partial charge in [0.15, 0.2) is 11.6 Å². The van der Waals surface area contributed by atoms with Crippen LogP contribution in [0.2, 0.25) is 0 Å². The predicted molar refractivity (Wildman–Crippen MR) is 147 cm³/mol. The fourth-order valence-corrected chi connectivity index (χ4v) is 10.7. The van der Waals surface area contributed by atoms with E-state index in [1.807, 2.05) is 6.92 Å². The molecule has 42 heavy (non-hydrogen) atoms. The van der Waals surface area contributed by atoms with Crippen molar-refractivity contribution in [1.29, 1.82) is 0 Å². The van der Waals surface area contributed by atoms with E-state index in [4.69, 9.17) is 11.6 Å². The largest absolute Gasteiger partial charge is 0.481 e. The van der Waals surface area contributed by atoms with Crippen molar-refractivity contribution < 1.29 is 54.2 Å². The minimum absolute atomic E-state index is 0.00852. The Balaban J connectivity index is 1.83. The number of rotatable bonds is 10. The maximum atomic E-state index is 16.9. The summed E-state index contributed by atoms with van der Waals surface area (Å²) < 4.78 is 16.9. The zero-order chi connectivity index (χ0) is 31.7. The number of Topliss-reactive ketones (excluding diaryl/α,β-unsaturated/α-hetero) is 1. The topological polar surface area (TPSA) is 190 Å². The number of carboxylic acids is 3. The van der Waals surface area contributed by atoms with Crippen molar-refractivity contribution in [3.05, 3.63) is 12.2 Å². The Kier molecular flexibility index (Phi) is 8.23. The van der Waals surface area contributed by atoms with Gasteiger partial charge in [-0.15, -0.1) is 11.6 Å². The second kappa shape index (κ2) is 10.5. The zero-order valence-corrected chi connectivity index (χ0v) is 24.8. The van der Waals surface area contributed by atoms with Crippen LogP contribution in [0.1, 0.15) is 84.5 Å². The van der Waals surface area contributed by atoms with Crippen LogP contribution in [0.5, 0.6) is 0 Å². The number of fused-ring (bicyclic) bond motifs is 5. The van der Waals surface area contributed by atoms with Crippen LogP contribution in [-0.2, 0) is 19.2 Å². The molecule has 4 fully saturated rings. The molecule has 0 heterocycles. The number of aliphatic hydroxyl groups is 3. The summed E-state index contributed by atoms with van der Waals surface area (Å²) in [6.45, 7) is 7.81. The van der Waals surface area contributed by atoms with Crippen molar-refractivity contribution >= 4 is 35.3 Å². The molecule has 0 aromatic carbocycles. The third kappa shape index (κ3) is 4.44. The van der Waals surface area contributed by atoms with Crippen molar-refractivity contribution in [1.82, 2.24) is 0 Å². The highest BCUT2D eigenvalue weighted by Gasteiger charge is 2.75. The average molecular weight is 617 g/mol. The lowest BCUT2D eigenvalue weighted by molar-refractivity contribution is -0.359. The summed E-state index contributed by atoms with van der Waals surface area (Å²) in [4.78, 5) is 48.5. The molecule has 0 spiro atoms. The molecule has 4 rings (SSSR count). The van der Waals surface area contributed by atoms with Crippen LogP contribution in [0.25, 0.3) is 0 Å². The van der Waals surface area contributed by atoms with E-state index in [1.54, 1.807) is 6.92 Å². The Hall–Kier alpha value is -2.08. The first-order valence-corrected chi connectivity index (χ1v) is 15.0. The summed E-state index contributed by atoms with van der Waals surface area (Å²) in [5, 5.41) is 62.2. The molecule has 236 valence electrons. The number of halogens is 2. The third-order valence-corrected chi connectivity index (χ3v) is 12.7. The van der Waals surface area contributed by atoms with Crippen LogP contribution in [-0.4, -0.2) is 77.8 Å². The second-order valence-electron chi connectivity index (χ2n) is 13.9. The smallest absolute Gasteiger partial charge is 0.306 e. The number of hydrogen-bond acceptors (Lipinski definition) is 7. The first kappa shape index (κ1) is 32.8. The SMILES string of the molecule is C=C1C[C@H]2[C@@H]3C[C@@H](F)C4(CCC(=O)O)C[C@@](O)(CC(=O)O)C(O)(O)C[C@]4(C)[C@H]3CC[C@]2(C)[C@@]1(CCC(=O)O)C(=O)CCl. The highest BCUT2D eigenvalue weighted by molar-refractivity contribution is 6.28. The fourth-order valence-electron chi connectivity index (χ4n) is 10.5. The van der Waals surface area contributed by atoms with Gasteiger partial charge in [-0.25, -0.2) is 4.39 Å². The minimum Gasteiger partial charge on any atom is -0.481 e. The first-order valence-electron chi connectivity index (χ1n) is 14.5. The molecule has 0 saturated heterocycles. The van der Waals surface area contributed by atoms with Crippen LogP contribution in [0, 0.1) is 39.4 Å². The number of carboxylic acid groups (broad SMARTS) is 3. The summed E-state index contributed by atoms with van der Waals surface area (Å²) >= 11 is 6.07. The molecule has 12 heteroatoms. The Labute approximate surface area is 248 Å². The highest BCUT2D eigenvalue weighted by Crippen LogP contribution is 2.76. The molecule has 6 N–H and O–H groups in total. The molecule has 1 unspecified atom stereocenters. The summed E-state index contributed by atoms with van der Waals surface area (Å²) in [6.07, 6.45) is -3.90. The van der Waals surface area contributed by atoms with Gasteiger partial charge in [0.25, 0.3) is 0 Å².